The molecule has 0 spiro atoms. The molecule has 2 aromatic rings. The minimum Gasteiger partial charge on any atom is -0.845 e. The van der Waals surface area contributed by atoms with E-state index in [4.69, 9.17) is 0 Å². The lowest BCUT2D eigenvalue weighted by atomic mass is 9.99. The Morgan fingerprint density at radius 3 is 2.44 bits per heavy atom. The van der Waals surface area contributed by atoms with Crippen LogP contribution in [0.5, 0.6) is 0 Å². The number of benzene rings is 1. The van der Waals surface area contributed by atoms with E-state index in [-0.39, 0.29) is 12.1 Å². The van der Waals surface area contributed by atoms with Crippen LogP contribution >= 0.6 is 0 Å². The number of nitrogens with zero attached hydrogens (tertiary/aromatic N) is 5. The van der Waals surface area contributed by atoms with Crippen molar-refractivity contribution in [2.45, 2.75) is 70.9 Å². The summed E-state index contributed by atoms with van der Waals surface area (Å²) in [6, 6.07) is 1.23. The summed E-state index contributed by atoms with van der Waals surface area (Å²) in [7, 11) is -2.31. The van der Waals surface area contributed by atoms with E-state index in [1.54, 1.807) is 17.1 Å². The van der Waals surface area contributed by atoms with Gasteiger partial charge in [-0.1, -0.05) is 6.07 Å². The number of rotatable bonds is 6. The third kappa shape index (κ3) is 4.29. The second-order valence-corrected chi connectivity index (χ2v) is 11.5. The summed E-state index contributed by atoms with van der Waals surface area (Å²) in [5.74, 6) is 0. The van der Waals surface area contributed by atoms with Gasteiger partial charge in [0.1, 0.15) is 0 Å². The molecule has 0 radical (unpaired) electrons. The largest absolute Gasteiger partial charge is 0.845 e. The molecule has 1 N–H and O–H groups in total. The Morgan fingerprint density at radius 2 is 1.88 bits per heavy atom. The Morgan fingerprint density at radius 1 is 1.21 bits per heavy atom. The molecule has 1 unspecified atom stereocenters. The number of likely N-dealkylation sites (tertiary alicyclic amines) is 1. The third-order valence-corrected chi connectivity index (χ3v) is 8.62. The van der Waals surface area contributed by atoms with E-state index in [0.717, 1.165) is 61.9 Å². The van der Waals surface area contributed by atoms with Gasteiger partial charge in [-0.25, -0.2) is 4.31 Å². The van der Waals surface area contributed by atoms with Crippen LogP contribution in [0.15, 0.2) is 22.9 Å². The molecule has 1 saturated heterocycles. The average Bonchev–Trinajstić information content (AvgIpc) is 3.54. The van der Waals surface area contributed by atoms with Crippen molar-refractivity contribution in [1.29, 1.82) is 0 Å². The Bertz CT molecular complexity index is 1190. The summed E-state index contributed by atoms with van der Waals surface area (Å²) in [5, 5.41) is 20.2. The molecular weight excluding hydrogens is 452 g/mol. The van der Waals surface area contributed by atoms with E-state index < -0.39 is 16.2 Å². The molecule has 0 saturated carbocycles. The molecule has 10 heteroatoms. The Hall–Kier alpha value is -2.59. The molecule has 3 aliphatic rings. The van der Waals surface area contributed by atoms with Gasteiger partial charge in [-0.05, 0) is 94.6 Å². The van der Waals surface area contributed by atoms with E-state index in [0.29, 0.717) is 18.7 Å². The van der Waals surface area contributed by atoms with Gasteiger partial charge < -0.3 is 15.3 Å². The first-order valence-electron chi connectivity index (χ1n) is 12.2. The summed E-state index contributed by atoms with van der Waals surface area (Å²) >= 11 is 0. The summed E-state index contributed by atoms with van der Waals surface area (Å²) in [4.78, 5) is 2.08. The fourth-order valence-corrected chi connectivity index (χ4v) is 6.86. The Labute approximate surface area is 201 Å². The summed E-state index contributed by atoms with van der Waals surface area (Å²) in [6.45, 7) is 5.31. The number of amidine groups is 1. The zero-order valence-corrected chi connectivity index (χ0v) is 20.9. The molecule has 34 heavy (non-hydrogen) atoms. The van der Waals surface area contributed by atoms with Crippen LogP contribution in [-0.2, 0) is 35.9 Å². The quantitative estimate of drug-likeness (QED) is 0.496. The third-order valence-electron chi connectivity index (χ3n) is 7.22. The van der Waals surface area contributed by atoms with Crippen LogP contribution in [0.25, 0.3) is 0 Å². The highest BCUT2D eigenvalue weighted by Gasteiger charge is 2.35. The number of fused-ring (bicyclic) bond motifs is 2. The van der Waals surface area contributed by atoms with Gasteiger partial charge in [0.2, 0.25) is 0 Å². The molecule has 0 bridgehead atoms. The molecule has 9 nitrogen and oxygen atoms in total. The molecule has 1 aromatic heterocycles. The molecule has 0 amide bonds. The maximum Gasteiger partial charge on any atom is 0.345 e. The smallest absolute Gasteiger partial charge is 0.345 e. The minimum absolute atomic E-state index is 0.0899. The standard InChI is InChI=1S/C24H34N6O3S/c1-16(2)29-15-20(13-25-29)30(19-10-11-28(3)14-19)34(32,33)27-24(31)26-23-21-8-4-6-17(21)12-18-7-5-9-22(18)23/h12-13,15-16,19H,4-11,14H2,1-3H3,(H2,26,27,31)/p-1. The predicted molar refractivity (Wildman–Crippen MR) is 131 cm³/mol. The number of nitrogens with one attached hydrogen (secondary N) is 1. The van der Waals surface area contributed by atoms with E-state index in [1.807, 2.05) is 20.9 Å². The van der Waals surface area contributed by atoms with Crippen molar-refractivity contribution in [1.82, 2.24) is 14.7 Å². The fraction of sp³-hybridized carbons (Fsp3) is 0.583. The molecule has 1 atom stereocenters. The number of hydrogen-bond donors (Lipinski definition) is 1. The van der Waals surface area contributed by atoms with E-state index >= 15 is 0 Å². The van der Waals surface area contributed by atoms with Gasteiger partial charge in [-0.3, -0.25) is 4.68 Å². The van der Waals surface area contributed by atoms with Crippen molar-refractivity contribution in [3.05, 3.63) is 40.7 Å². The molecule has 1 aliphatic heterocycles. The second-order valence-electron chi connectivity index (χ2n) is 10.0. The first kappa shape index (κ1) is 23.2. The van der Waals surface area contributed by atoms with Crippen molar-refractivity contribution >= 4 is 27.6 Å². The van der Waals surface area contributed by atoms with E-state index in [9.17, 15) is 13.5 Å². The molecule has 1 fully saturated rings. The van der Waals surface area contributed by atoms with Gasteiger partial charge in [-0.15, -0.1) is 4.40 Å². The van der Waals surface area contributed by atoms with E-state index in [1.165, 1.54) is 15.4 Å². The summed E-state index contributed by atoms with van der Waals surface area (Å²) in [6.07, 6.45) is 9.84. The van der Waals surface area contributed by atoms with Crippen LogP contribution in [0, 0.1) is 0 Å². The highest BCUT2D eigenvalue weighted by molar-refractivity contribution is 7.91. The molecule has 5 rings (SSSR count). The van der Waals surface area contributed by atoms with Crippen LogP contribution < -0.4 is 14.7 Å². The summed E-state index contributed by atoms with van der Waals surface area (Å²) < 4.78 is 33.8. The van der Waals surface area contributed by atoms with E-state index in [2.05, 4.69) is 25.8 Å². The fourth-order valence-electron chi connectivity index (χ4n) is 5.61. The summed E-state index contributed by atoms with van der Waals surface area (Å²) in [5.41, 5.74) is 6.08. The van der Waals surface area contributed by atoms with Crippen molar-refractivity contribution in [3.63, 3.8) is 0 Å². The van der Waals surface area contributed by atoms with Crippen molar-refractivity contribution in [2.24, 2.45) is 4.40 Å². The topological polar surface area (TPSA) is 106 Å². The Balaban J connectivity index is 1.48. The molecule has 2 aliphatic carbocycles. The van der Waals surface area contributed by atoms with Crippen molar-refractivity contribution < 1.29 is 13.5 Å². The number of hydrogen-bond acceptors (Lipinski definition) is 5. The maximum atomic E-state index is 13.5. The SMILES string of the molecule is CC(C)n1cc(N(C2CCN(C)C2)S(=O)(=O)/N=C(\[O-])Nc2c3c(cc4c2CCC4)CCC3)cn1. The van der Waals surface area contributed by atoms with Crippen LogP contribution in [0.4, 0.5) is 11.4 Å². The minimum atomic E-state index is -4.28. The number of aryl methyl sites for hydroxylation is 2. The Kier molecular flexibility index (Phi) is 6.05. The zero-order valence-electron chi connectivity index (χ0n) is 20.1. The van der Waals surface area contributed by atoms with Gasteiger partial charge in [0, 0.05) is 24.5 Å². The normalized spacial score (nSPS) is 20.7. The lowest BCUT2D eigenvalue weighted by Crippen LogP contribution is -2.42. The number of likely N-dealkylation sites (N-methyl/N-ethyl adjacent to an activating group) is 1. The monoisotopic (exact) mass is 485 g/mol. The van der Waals surface area contributed by atoms with Crippen molar-refractivity contribution in [2.75, 3.05) is 29.8 Å². The molecule has 1 aromatic carbocycles. The lowest BCUT2D eigenvalue weighted by molar-refractivity contribution is -0.213. The highest BCUT2D eigenvalue weighted by atomic mass is 32.2. The van der Waals surface area contributed by atoms with Gasteiger partial charge in [0.25, 0.3) is 0 Å². The van der Waals surface area contributed by atoms with Gasteiger partial charge in [-0.2, -0.15) is 13.5 Å². The van der Waals surface area contributed by atoms with Gasteiger partial charge >= 0.3 is 10.2 Å². The van der Waals surface area contributed by atoms with Crippen LogP contribution in [0.2, 0.25) is 0 Å². The van der Waals surface area contributed by atoms with Crippen LogP contribution in [0.3, 0.4) is 0 Å². The van der Waals surface area contributed by atoms with Gasteiger partial charge in [0.15, 0.2) is 0 Å². The number of anilines is 2. The average molecular weight is 486 g/mol. The van der Waals surface area contributed by atoms with Crippen LogP contribution in [-0.4, -0.2) is 55.3 Å². The zero-order chi connectivity index (χ0) is 24.0. The van der Waals surface area contributed by atoms with Gasteiger partial charge in [0.05, 0.1) is 23.9 Å². The molecule has 184 valence electrons. The highest BCUT2D eigenvalue weighted by Crippen LogP contribution is 2.38. The number of aromatic nitrogens is 2. The second kappa shape index (κ2) is 8.88. The van der Waals surface area contributed by atoms with Crippen LogP contribution in [0.1, 0.15) is 61.4 Å². The van der Waals surface area contributed by atoms with Crippen molar-refractivity contribution in [3.8, 4) is 0 Å². The lowest BCUT2D eigenvalue weighted by Gasteiger charge is -2.28. The first-order valence-corrected chi connectivity index (χ1v) is 13.6. The predicted octanol–water partition coefficient (Wildman–Crippen LogP) is 2.03. The maximum absolute atomic E-state index is 13.5. The first-order chi connectivity index (χ1) is 16.2. The molecule has 2 heterocycles. The molecular formula is C24H33N6O3S-.